The summed E-state index contributed by atoms with van der Waals surface area (Å²) in [5, 5.41) is 2.45. The van der Waals surface area contributed by atoms with E-state index in [0.717, 1.165) is 29.7 Å². The maximum absolute atomic E-state index is 13.9. The number of halogens is 3. The number of hydrogen-bond acceptors (Lipinski definition) is 3. The third-order valence-corrected chi connectivity index (χ3v) is 5.39. The number of hydrazine groups is 1. The van der Waals surface area contributed by atoms with Crippen molar-refractivity contribution in [1.29, 1.82) is 0 Å². The van der Waals surface area contributed by atoms with Crippen molar-refractivity contribution >= 4 is 16.7 Å². The fraction of sp³-hybridized carbons (Fsp3) is 0.522. The molecule has 0 aromatic heterocycles. The maximum Gasteiger partial charge on any atom is 0.409 e. The fourth-order valence-electron chi connectivity index (χ4n) is 3.87. The summed E-state index contributed by atoms with van der Waals surface area (Å²) in [4.78, 5) is 11.5. The lowest BCUT2D eigenvalue weighted by Gasteiger charge is -2.29. The Balaban J connectivity index is 1.81. The number of carbonyl (C=O) groups excluding carboxylic acids is 1. The molecule has 1 aliphatic heterocycles. The highest BCUT2D eigenvalue weighted by Crippen LogP contribution is 2.41. The molecule has 0 unspecified atom stereocenters. The van der Waals surface area contributed by atoms with Crippen LogP contribution < -0.4 is 10.2 Å². The molecule has 1 aliphatic rings. The topological polar surface area (TPSA) is 41.6 Å². The molecule has 0 aliphatic carbocycles. The Hall–Kier alpha value is -2.28. The largest absolute Gasteiger partial charge is 0.493 e. The molecule has 2 aromatic carbocycles. The number of nitrogens with one attached hydrogen (secondary N) is 1. The Bertz CT molecular complexity index is 854. The van der Waals surface area contributed by atoms with Crippen LogP contribution in [0, 0.1) is 0 Å². The van der Waals surface area contributed by atoms with Crippen molar-refractivity contribution in [3.63, 3.8) is 0 Å². The van der Waals surface area contributed by atoms with Gasteiger partial charge in [-0.1, -0.05) is 63.3 Å². The second kappa shape index (κ2) is 10.2. The molecule has 0 spiro atoms. The van der Waals surface area contributed by atoms with Gasteiger partial charge in [-0.05, 0) is 29.5 Å². The number of alkyl halides is 3. The van der Waals surface area contributed by atoms with Crippen molar-refractivity contribution in [1.82, 2.24) is 10.4 Å². The van der Waals surface area contributed by atoms with Gasteiger partial charge in [-0.3, -0.25) is 10.2 Å². The highest BCUT2D eigenvalue weighted by atomic mass is 19.4. The van der Waals surface area contributed by atoms with Crippen LogP contribution in [-0.4, -0.2) is 30.2 Å². The van der Waals surface area contributed by atoms with E-state index >= 15 is 0 Å². The van der Waals surface area contributed by atoms with E-state index in [1.54, 1.807) is 12.1 Å². The van der Waals surface area contributed by atoms with E-state index in [4.69, 9.17) is 4.74 Å². The minimum absolute atomic E-state index is 0.0176. The van der Waals surface area contributed by atoms with Crippen LogP contribution in [0.25, 0.3) is 10.8 Å². The van der Waals surface area contributed by atoms with Crippen molar-refractivity contribution in [3.8, 4) is 5.75 Å². The average molecular weight is 422 g/mol. The number of unbranched alkanes of at least 4 members (excludes halogenated alkanes) is 5. The van der Waals surface area contributed by atoms with Crippen LogP contribution in [0.4, 0.5) is 13.2 Å². The summed E-state index contributed by atoms with van der Waals surface area (Å²) in [6.07, 6.45) is 2.19. The van der Waals surface area contributed by atoms with Gasteiger partial charge in [-0.15, -0.1) is 0 Å². The zero-order valence-corrected chi connectivity index (χ0v) is 17.3. The summed E-state index contributed by atoms with van der Waals surface area (Å²) in [5.41, 5.74) is 2.41. The first-order chi connectivity index (χ1) is 14.4. The first-order valence-corrected chi connectivity index (χ1v) is 10.7. The summed E-state index contributed by atoms with van der Waals surface area (Å²) in [6, 6.07) is 8.38. The zero-order chi connectivity index (χ0) is 21.6. The Labute approximate surface area is 175 Å². The number of carbonyl (C=O) groups is 1. The minimum atomic E-state index is -4.53. The molecule has 7 heteroatoms. The molecule has 2 aromatic rings. The highest BCUT2D eigenvalue weighted by Gasteiger charge is 2.47. The quantitative estimate of drug-likeness (QED) is 0.483. The number of amides is 1. The van der Waals surface area contributed by atoms with Crippen molar-refractivity contribution in [2.24, 2.45) is 0 Å². The molecule has 3 rings (SSSR count). The molecule has 1 amide bonds. The smallest absolute Gasteiger partial charge is 0.409 e. The van der Waals surface area contributed by atoms with E-state index in [-0.39, 0.29) is 18.5 Å². The van der Waals surface area contributed by atoms with Gasteiger partial charge in [-0.25, -0.2) is 5.01 Å². The molecule has 4 nitrogen and oxygen atoms in total. The standard InChI is InChI=1S/C23H29F3N2O2/c1-2-3-4-5-6-9-14-30-20-16-18(15-17-10-7-8-11-19(17)20)22(23(24,25)26)28-13-12-21(29)27-28/h7-8,10-11,15-16,22H,2-6,9,12-14H2,1H3,(H,27,29)/t22-/m0/s1. The lowest BCUT2D eigenvalue weighted by atomic mass is 10.00. The molecule has 1 fully saturated rings. The summed E-state index contributed by atoms with van der Waals surface area (Å²) >= 11 is 0. The molecule has 0 bridgehead atoms. The molecule has 1 N–H and O–H groups in total. The summed E-state index contributed by atoms with van der Waals surface area (Å²) in [5.74, 6) is 0.0565. The number of hydrogen-bond donors (Lipinski definition) is 1. The normalized spacial score (nSPS) is 16.1. The fourth-order valence-corrected chi connectivity index (χ4v) is 3.87. The molecule has 0 saturated carbocycles. The predicted octanol–water partition coefficient (Wildman–Crippen LogP) is 5.92. The Morgan fingerprint density at radius 2 is 1.83 bits per heavy atom. The van der Waals surface area contributed by atoms with Crippen molar-refractivity contribution in [2.75, 3.05) is 13.2 Å². The SMILES string of the molecule is CCCCCCCCOc1cc([C@H](N2CCC(=O)N2)C(F)(F)F)cc2ccccc12. The van der Waals surface area contributed by atoms with Gasteiger partial charge in [0.2, 0.25) is 5.91 Å². The van der Waals surface area contributed by atoms with Crippen molar-refractivity contribution in [2.45, 2.75) is 64.1 Å². The molecular formula is C23H29F3N2O2. The summed E-state index contributed by atoms with van der Waals surface area (Å²) < 4.78 is 47.8. The number of benzene rings is 2. The van der Waals surface area contributed by atoms with Gasteiger partial charge in [0.1, 0.15) is 11.8 Å². The van der Waals surface area contributed by atoms with E-state index in [1.165, 1.54) is 31.4 Å². The number of nitrogens with zero attached hydrogens (tertiary/aromatic N) is 1. The van der Waals surface area contributed by atoms with Gasteiger partial charge >= 0.3 is 6.18 Å². The van der Waals surface area contributed by atoms with Crippen molar-refractivity contribution < 1.29 is 22.7 Å². The minimum Gasteiger partial charge on any atom is -0.493 e. The molecule has 30 heavy (non-hydrogen) atoms. The average Bonchev–Trinajstić information content (AvgIpc) is 3.11. The highest BCUT2D eigenvalue weighted by molar-refractivity contribution is 5.89. The van der Waals surface area contributed by atoms with Crippen LogP contribution >= 0.6 is 0 Å². The Morgan fingerprint density at radius 1 is 1.10 bits per heavy atom. The van der Waals surface area contributed by atoms with Crippen molar-refractivity contribution in [3.05, 3.63) is 42.0 Å². The summed E-state index contributed by atoms with van der Waals surface area (Å²) in [7, 11) is 0. The predicted molar refractivity (Wildman–Crippen MR) is 111 cm³/mol. The lowest BCUT2D eigenvalue weighted by Crippen LogP contribution is -2.43. The van der Waals surface area contributed by atoms with Crippen LogP contribution in [-0.2, 0) is 4.79 Å². The maximum atomic E-state index is 13.9. The van der Waals surface area contributed by atoms with Gasteiger partial charge in [-0.2, -0.15) is 13.2 Å². The van der Waals surface area contributed by atoms with Gasteiger partial charge < -0.3 is 4.74 Å². The molecule has 0 radical (unpaired) electrons. The molecule has 1 heterocycles. The first kappa shape index (κ1) is 22.4. The van der Waals surface area contributed by atoms with E-state index < -0.39 is 18.1 Å². The summed E-state index contributed by atoms with van der Waals surface area (Å²) in [6.45, 7) is 2.66. The second-order valence-corrected chi connectivity index (χ2v) is 7.78. The van der Waals surface area contributed by atoms with E-state index in [2.05, 4.69) is 12.3 Å². The van der Waals surface area contributed by atoms with Crippen LogP contribution in [0.5, 0.6) is 5.75 Å². The number of ether oxygens (including phenoxy) is 1. The van der Waals surface area contributed by atoms with Crippen LogP contribution in [0.1, 0.15) is 63.5 Å². The lowest BCUT2D eigenvalue weighted by molar-refractivity contribution is -0.191. The zero-order valence-electron chi connectivity index (χ0n) is 17.3. The van der Waals surface area contributed by atoms with Crippen LogP contribution in [0.3, 0.4) is 0 Å². The second-order valence-electron chi connectivity index (χ2n) is 7.78. The number of rotatable bonds is 10. The molecule has 1 atom stereocenters. The third kappa shape index (κ3) is 5.65. The molecule has 1 saturated heterocycles. The Kier molecular flexibility index (Phi) is 7.58. The van der Waals surface area contributed by atoms with Gasteiger partial charge in [0, 0.05) is 18.4 Å². The van der Waals surface area contributed by atoms with Gasteiger partial charge in [0.25, 0.3) is 0 Å². The van der Waals surface area contributed by atoms with Crippen LogP contribution in [0.15, 0.2) is 36.4 Å². The first-order valence-electron chi connectivity index (χ1n) is 10.7. The molecule has 164 valence electrons. The van der Waals surface area contributed by atoms with Gasteiger partial charge in [0.05, 0.1) is 6.61 Å². The van der Waals surface area contributed by atoms with E-state index in [1.807, 2.05) is 12.1 Å². The van der Waals surface area contributed by atoms with Crippen LogP contribution in [0.2, 0.25) is 0 Å². The van der Waals surface area contributed by atoms with E-state index in [0.29, 0.717) is 17.7 Å². The number of fused-ring (bicyclic) bond motifs is 1. The monoisotopic (exact) mass is 422 g/mol. The van der Waals surface area contributed by atoms with E-state index in [9.17, 15) is 18.0 Å². The molecular weight excluding hydrogens is 393 g/mol. The third-order valence-electron chi connectivity index (χ3n) is 5.39. The van der Waals surface area contributed by atoms with Gasteiger partial charge in [0.15, 0.2) is 0 Å². The Morgan fingerprint density at radius 3 is 2.53 bits per heavy atom.